The van der Waals surface area contributed by atoms with E-state index in [2.05, 4.69) is 53.8 Å². The van der Waals surface area contributed by atoms with E-state index in [-0.39, 0.29) is 0 Å². The summed E-state index contributed by atoms with van der Waals surface area (Å²) in [6.45, 7) is 1.67. The highest BCUT2D eigenvalue weighted by Crippen LogP contribution is 2.24. The summed E-state index contributed by atoms with van der Waals surface area (Å²) in [7, 11) is 3.37. The summed E-state index contributed by atoms with van der Waals surface area (Å²) in [6, 6.07) is 24.9. The molecular formula is C22H23NO2. The zero-order valence-electron chi connectivity index (χ0n) is 14.7. The molecule has 0 amide bonds. The minimum atomic E-state index is 0.835. The number of nitrogens with one attached hydrogen (secondary N) is 1. The number of benzene rings is 3. The zero-order valence-corrected chi connectivity index (χ0v) is 14.7. The quantitative estimate of drug-likeness (QED) is 0.682. The van der Waals surface area contributed by atoms with E-state index < -0.39 is 0 Å². The molecule has 0 radical (unpaired) electrons. The van der Waals surface area contributed by atoms with Crippen molar-refractivity contribution < 1.29 is 9.47 Å². The lowest BCUT2D eigenvalue weighted by atomic mass is 10.0. The summed E-state index contributed by atoms with van der Waals surface area (Å²) in [5.74, 6) is 1.76. The van der Waals surface area contributed by atoms with Gasteiger partial charge in [-0.3, -0.25) is 0 Å². The van der Waals surface area contributed by atoms with Crippen LogP contribution >= 0.6 is 0 Å². The first kappa shape index (κ1) is 17.1. The summed E-state index contributed by atoms with van der Waals surface area (Å²) in [6.07, 6.45) is 0. The first-order chi connectivity index (χ1) is 12.3. The SMILES string of the molecule is COc1ccc(CNCc2ccc(-c3cccc(OC)c3)cc2)cc1. The summed E-state index contributed by atoms with van der Waals surface area (Å²) >= 11 is 0. The van der Waals surface area contributed by atoms with Crippen LogP contribution in [0.2, 0.25) is 0 Å². The minimum absolute atomic E-state index is 0.835. The van der Waals surface area contributed by atoms with Crippen molar-refractivity contribution in [2.75, 3.05) is 14.2 Å². The fourth-order valence-corrected chi connectivity index (χ4v) is 2.71. The van der Waals surface area contributed by atoms with Crippen molar-refractivity contribution in [2.45, 2.75) is 13.1 Å². The van der Waals surface area contributed by atoms with Gasteiger partial charge in [-0.15, -0.1) is 0 Å². The van der Waals surface area contributed by atoms with E-state index in [4.69, 9.17) is 9.47 Å². The Morgan fingerprint density at radius 3 is 1.84 bits per heavy atom. The van der Waals surface area contributed by atoms with Crippen molar-refractivity contribution in [2.24, 2.45) is 0 Å². The second-order valence-electron chi connectivity index (χ2n) is 5.88. The number of rotatable bonds is 7. The molecule has 3 aromatic rings. The van der Waals surface area contributed by atoms with Crippen molar-refractivity contribution >= 4 is 0 Å². The fourth-order valence-electron chi connectivity index (χ4n) is 2.71. The number of hydrogen-bond acceptors (Lipinski definition) is 3. The van der Waals surface area contributed by atoms with Crippen LogP contribution < -0.4 is 14.8 Å². The predicted octanol–water partition coefficient (Wildman–Crippen LogP) is 4.66. The minimum Gasteiger partial charge on any atom is -0.497 e. The molecule has 0 atom stereocenters. The second-order valence-corrected chi connectivity index (χ2v) is 5.88. The van der Waals surface area contributed by atoms with Gasteiger partial charge in [-0.2, -0.15) is 0 Å². The molecule has 0 saturated heterocycles. The van der Waals surface area contributed by atoms with Gasteiger partial charge in [0.05, 0.1) is 14.2 Å². The van der Waals surface area contributed by atoms with Gasteiger partial charge >= 0.3 is 0 Å². The molecule has 0 aliphatic carbocycles. The molecule has 0 unspecified atom stereocenters. The molecule has 3 rings (SSSR count). The first-order valence-corrected chi connectivity index (χ1v) is 8.35. The molecule has 0 aliphatic heterocycles. The molecule has 0 spiro atoms. The van der Waals surface area contributed by atoms with Crippen molar-refractivity contribution in [3.63, 3.8) is 0 Å². The summed E-state index contributed by atoms with van der Waals surface area (Å²) in [5, 5.41) is 3.47. The Kier molecular flexibility index (Phi) is 5.70. The number of methoxy groups -OCH3 is 2. The molecule has 1 N–H and O–H groups in total. The average molecular weight is 333 g/mol. The lowest BCUT2D eigenvalue weighted by Crippen LogP contribution is -2.12. The standard InChI is InChI=1S/C22H23NO2/c1-24-21-12-8-18(9-13-21)16-23-15-17-6-10-19(11-7-17)20-4-3-5-22(14-20)25-2/h3-14,23H,15-16H2,1-2H3. The van der Waals surface area contributed by atoms with Gasteiger partial charge in [0.25, 0.3) is 0 Å². The Balaban J connectivity index is 1.56. The second kappa shape index (κ2) is 8.36. The molecule has 0 saturated carbocycles. The van der Waals surface area contributed by atoms with Gasteiger partial charge in [0, 0.05) is 13.1 Å². The van der Waals surface area contributed by atoms with Crippen LogP contribution in [0.5, 0.6) is 11.5 Å². The van der Waals surface area contributed by atoms with E-state index in [1.54, 1.807) is 14.2 Å². The highest BCUT2D eigenvalue weighted by atomic mass is 16.5. The van der Waals surface area contributed by atoms with E-state index in [0.717, 1.165) is 30.2 Å². The number of ether oxygens (including phenoxy) is 2. The van der Waals surface area contributed by atoms with Crippen molar-refractivity contribution in [1.82, 2.24) is 5.32 Å². The highest BCUT2D eigenvalue weighted by molar-refractivity contribution is 5.65. The van der Waals surface area contributed by atoms with Crippen LogP contribution in [0, 0.1) is 0 Å². The monoisotopic (exact) mass is 333 g/mol. The lowest BCUT2D eigenvalue weighted by Gasteiger charge is -2.08. The molecule has 128 valence electrons. The van der Waals surface area contributed by atoms with Crippen LogP contribution in [0.25, 0.3) is 11.1 Å². The van der Waals surface area contributed by atoms with E-state index in [1.165, 1.54) is 16.7 Å². The highest BCUT2D eigenvalue weighted by Gasteiger charge is 2.01. The van der Waals surface area contributed by atoms with Gasteiger partial charge in [-0.25, -0.2) is 0 Å². The maximum Gasteiger partial charge on any atom is 0.119 e. The molecule has 0 aliphatic rings. The average Bonchev–Trinajstić information content (AvgIpc) is 2.69. The van der Waals surface area contributed by atoms with Crippen molar-refractivity contribution in [3.8, 4) is 22.6 Å². The Bertz CT molecular complexity index is 795. The molecule has 25 heavy (non-hydrogen) atoms. The molecule has 3 aromatic carbocycles. The lowest BCUT2D eigenvalue weighted by molar-refractivity contribution is 0.414. The van der Waals surface area contributed by atoms with Crippen LogP contribution in [0.3, 0.4) is 0 Å². The Morgan fingerprint density at radius 1 is 0.640 bits per heavy atom. The molecule has 3 heteroatoms. The molecule has 0 aromatic heterocycles. The van der Waals surface area contributed by atoms with Gasteiger partial charge in [0.2, 0.25) is 0 Å². The normalized spacial score (nSPS) is 10.5. The molecular weight excluding hydrogens is 310 g/mol. The third-order valence-electron chi connectivity index (χ3n) is 4.17. The summed E-state index contributed by atoms with van der Waals surface area (Å²) in [4.78, 5) is 0. The van der Waals surface area contributed by atoms with Crippen molar-refractivity contribution in [1.29, 1.82) is 0 Å². The van der Waals surface area contributed by atoms with Gasteiger partial charge in [-0.1, -0.05) is 48.5 Å². The van der Waals surface area contributed by atoms with Crippen LogP contribution in [0.15, 0.2) is 72.8 Å². The van der Waals surface area contributed by atoms with E-state index in [9.17, 15) is 0 Å². The maximum atomic E-state index is 5.29. The topological polar surface area (TPSA) is 30.5 Å². The van der Waals surface area contributed by atoms with Gasteiger partial charge in [-0.05, 0) is 46.5 Å². The first-order valence-electron chi connectivity index (χ1n) is 8.35. The molecule has 3 nitrogen and oxygen atoms in total. The van der Waals surface area contributed by atoms with E-state index in [0.29, 0.717) is 0 Å². The molecule has 0 bridgehead atoms. The van der Waals surface area contributed by atoms with E-state index >= 15 is 0 Å². The third kappa shape index (κ3) is 4.61. The summed E-state index contributed by atoms with van der Waals surface area (Å²) in [5.41, 5.74) is 4.86. The Hall–Kier alpha value is -2.78. The van der Waals surface area contributed by atoms with Gasteiger partial charge in [0.1, 0.15) is 11.5 Å². The maximum absolute atomic E-state index is 5.29. The van der Waals surface area contributed by atoms with E-state index in [1.807, 2.05) is 24.3 Å². The van der Waals surface area contributed by atoms with Crippen LogP contribution in [0.4, 0.5) is 0 Å². The fraction of sp³-hybridized carbons (Fsp3) is 0.182. The third-order valence-corrected chi connectivity index (χ3v) is 4.17. The number of hydrogen-bond donors (Lipinski definition) is 1. The zero-order chi connectivity index (χ0) is 17.5. The van der Waals surface area contributed by atoms with Crippen LogP contribution in [-0.2, 0) is 13.1 Å². The molecule has 0 fully saturated rings. The Morgan fingerprint density at radius 2 is 1.24 bits per heavy atom. The largest absolute Gasteiger partial charge is 0.497 e. The Labute approximate surface area is 149 Å². The van der Waals surface area contributed by atoms with Crippen LogP contribution in [-0.4, -0.2) is 14.2 Å². The predicted molar refractivity (Wildman–Crippen MR) is 102 cm³/mol. The van der Waals surface area contributed by atoms with Crippen LogP contribution in [0.1, 0.15) is 11.1 Å². The van der Waals surface area contributed by atoms with Crippen molar-refractivity contribution in [3.05, 3.63) is 83.9 Å². The smallest absolute Gasteiger partial charge is 0.119 e. The van der Waals surface area contributed by atoms with Gasteiger partial charge in [0.15, 0.2) is 0 Å². The molecule has 0 heterocycles. The van der Waals surface area contributed by atoms with Gasteiger partial charge < -0.3 is 14.8 Å². The summed E-state index contributed by atoms with van der Waals surface area (Å²) < 4.78 is 10.5.